The summed E-state index contributed by atoms with van der Waals surface area (Å²) in [4.78, 5) is 0. The molecule has 1 aliphatic heterocycles. The van der Waals surface area contributed by atoms with Gasteiger partial charge in [0.05, 0.1) is 11.0 Å². The topological polar surface area (TPSA) is 14.2 Å². The summed E-state index contributed by atoms with van der Waals surface area (Å²) in [7, 11) is -2.87. The highest BCUT2D eigenvalue weighted by atomic mass is 35.5. The number of hydrogen-bond donors (Lipinski definition) is 0. The van der Waals surface area contributed by atoms with Gasteiger partial charge in [0.1, 0.15) is 11.5 Å². The number of fused-ring (bicyclic) bond motifs is 8. The minimum Gasteiger partial charge on any atom is -0.457 e. The van der Waals surface area contributed by atoms with E-state index in [1.807, 2.05) is 23.5 Å². The molecule has 0 fully saturated rings. The first kappa shape index (κ1) is 30.7. The van der Waals surface area contributed by atoms with Gasteiger partial charge in [-0.05, 0) is 86.5 Å². The molecule has 8 aromatic carbocycles. The van der Waals surface area contributed by atoms with Gasteiger partial charge in [0.25, 0.3) is 0 Å². The lowest BCUT2D eigenvalue weighted by atomic mass is 10.1. The van der Waals surface area contributed by atoms with E-state index in [0.29, 0.717) is 5.02 Å². The first-order valence-electron chi connectivity index (χ1n) is 17.9. The van der Waals surface area contributed by atoms with Gasteiger partial charge in [-0.2, -0.15) is 0 Å². The van der Waals surface area contributed by atoms with E-state index >= 15 is 0 Å². The number of halogens is 1. The molecule has 250 valence electrons. The van der Waals surface area contributed by atoms with Crippen LogP contribution in [0, 0.1) is 0 Å². The van der Waals surface area contributed by atoms with E-state index in [2.05, 4.69) is 174 Å². The molecule has 2 aromatic heterocycles. The third-order valence-corrected chi connectivity index (χ3v) is 17.2. The molecule has 1 aliphatic rings. The van der Waals surface area contributed by atoms with Crippen molar-refractivity contribution in [3.8, 4) is 28.3 Å². The van der Waals surface area contributed by atoms with E-state index in [1.165, 1.54) is 73.9 Å². The molecule has 0 bridgehead atoms. The van der Waals surface area contributed by atoms with Crippen LogP contribution in [0.15, 0.2) is 182 Å². The van der Waals surface area contributed by atoms with Gasteiger partial charge in [0.15, 0.2) is 8.07 Å². The van der Waals surface area contributed by atoms with Gasteiger partial charge in [0, 0.05) is 41.7 Å². The Bertz CT molecular complexity index is 3000. The molecular formula is C48H30ClNOSSi. The Labute approximate surface area is 316 Å². The maximum atomic E-state index is 6.64. The van der Waals surface area contributed by atoms with Crippen molar-refractivity contribution in [3.63, 3.8) is 0 Å². The van der Waals surface area contributed by atoms with Gasteiger partial charge >= 0.3 is 0 Å². The fourth-order valence-corrected chi connectivity index (χ4v) is 15.0. The van der Waals surface area contributed by atoms with Gasteiger partial charge in [-0.15, -0.1) is 11.3 Å². The molecule has 53 heavy (non-hydrogen) atoms. The van der Waals surface area contributed by atoms with Crippen molar-refractivity contribution in [2.75, 3.05) is 0 Å². The van der Waals surface area contributed by atoms with E-state index in [-0.39, 0.29) is 0 Å². The van der Waals surface area contributed by atoms with Crippen molar-refractivity contribution in [3.05, 3.63) is 187 Å². The largest absolute Gasteiger partial charge is 0.457 e. The van der Waals surface area contributed by atoms with Crippen molar-refractivity contribution in [2.45, 2.75) is 0 Å². The maximum absolute atomic E-state index is 6.64. The Morgan fingerprint density at radius 2 is 1.04 bits per heavy atom. The van der Waals surface area contributed by atoms with Crippen molar-refractivity contribution in [1.82, 2.24) is 4.57 Å². The molecule has 0 spiro atoms. The fourth-order valence-electron chi connectivity index (χ4n) is 8.68. The summed E-state index contributed by atoms with van der Waals surface area (Å²) in [6.45, 7) is 0. The number of thiophene rings is 1. The monoisotopic (exact) mass is 731 g/mol. The Hall–Kier alpha value is -5.91. The van der Waals surface area contributed by atoms with Crippen LogP contribution in [0.2, 0.25) is 5.02 Å². The second-order valence-electron chi connectivity index (χ2n) is 13.8. The van der Waals surface area contributed by atoms with Gasteiger partial charge in [-0.3, -0.25) is 0 Å². The van der Waals surface area contributed by atoms with Crippen LogP contribution in [0.3, 0.4) is 0 Å². The van der Waals surface area contributed by atoms with E-state index in [9.17, 15) is 0 Å². The lowest BCUT2D eigenvalue weighted by Crippen LogP contribution is -2.76. The molecule has 0 saturated heterocycles. The molecule has 3 heterocycles. The second-order valence-corrected chi connectivity index (χ2v) is 19.0. The summed E-state index contributed by atoms with van der Waals surface area (Å²) in [5.74, 6) is 1.74. The minimum absolute atomic E-state index is 0.672. The number of ether oxygens (including phenoxy) is 1. The molecule has 5 heteroatoms. The van der Waals surface area contributed by atoms with Crippen LogP contribution in [0.1, 0.15) is 0 Å². The van der Waals surface area contributed by atoms with E-state index in [1.54, 1.807) is 0 Å². The predicted molar refractivity (Wildman–Crippen MR) is 228 cm³/mol. The van der Waals surface area contributed by atoms with Crippen molar-refractivity contribution in [2.24, 2.45) is 0 Å². The molecule has 0 N–H and O–H groups in total. The first-order chi connectivity index (χ1) is 26.2. The second kappa shape index (κ2) is 11.8. The highest BCUT2D eigenvalue weighted by molar-refractivity contribution is 7.26. The van der Waals surface area contributed by atoms with Crippen molar-refractivity contribution < 1.29 is 4.74 Å². The molecule has 0 radical (unpaired) electrons. The lowest BCUT2D eigenvalue weighted by molar-refractivity contribution is 0.487. The number of rotatable bonds is 4. The average Bonchev–Trinajstić information content (AvgIpc) is 3.75. The standard InChI is InChI=1S/C48H30ClNOSSi/c49-33-21-28-48-44(29-33)51-43-14-6-8-16-47(43)53(48,36-26-27-40-39-11-3-7-15-45(39)52-46(40)30-36)35-24-19-32(20-25-35)31-17-22-34(23-18-31)50-41-12-4-1-9-37(41)38-10-2-5-13-42(38)50/h1-30H. The summed E-state index contributed by atoms with van der Waals surface area (Å²) in [5, 5.41) is 10.9. The molecule has 10 aromatic rings. The smallest absolute Gasteiger partial charge is 0.188 e. The van der Waals surface area contributed by atoms with Crippen molar-refractivity contribution >= 4 is 93.7 Å². The summed E-state index contributed by atoms with van der Waals surface area (Å²) < 4.78 is 11.6. The van der Waals surface area contributed by atoms with Crippen LogP contribution in [0.4, 0.5) is 0 Å². The highest BCUT2D eigenvalue weighted by Gasteiger charge is 2.48. The SMILES string of the molecule is Clc1ccc2c(c1)Oc1ccccc1[Si]2(c1ccc(-c2ccc(-n3c4ccccc4c4ccccc43)cc2)cc1)c1ccc2c(c1)sc1ccccc12. The van der Waals surface area contributed by atoms with Gasteiger partial charge < -0.3 is 9.30 Å². The summed E-state index contributed by atoms with van der Waals surface area (Å²) in [6, 6.07) is 66.3. The van der Waals surface area contributed by atoms with Gasteiger partial charge in [-0.25, -0.2) is 0 Å². The van der Waals surface area contributed by atoms with Crippen LogP contribution < -0.4 is 25.5 Å². The number of para-hydroxylation sites is 3. The third kappa shape index (κ3) is 4.56. The zero-order chi connectivity index (χ0) is 35.1. The molecule has 1 unspecified atom stereocenters. The van der Waals surface area contributed by atoms with Gasteiger partial charge in [0.2, 0.25) is 0 Å². The number of hydrogen-bond acceptors (Lipinski definition) is 2. The summed E-state index contributed by atoms with van der Waals surface area (Å²) in [5.41, 5.74) is 5.95. The Kier molecular flexibility index (Phi) is 6.84. The quantitative estimate of drug-likeness (QED) is 0.164. The van der Waals surface area contributed by atoms with E-state index < -0.39 is 8.07 Å². The Morgan fingerprint density at radius 1 is 0.453 bits per heavy atom. The number of aromatic nitrogens is 1. The fraction of sp³-hybridized carbons (Fsp3) is 0. The summed E-state index contributed by atoms with van der Waals surface area (Å²) in [6.07, 6.45) is 0. The molecule has 0 saturated carbocycles. The molecule has 0 aliphatic carbocycles. The van der Waals surface area contributed by atoms with Crippen LogP contribution in [-0.4, -0.2) is 12.6 Å². The van der Waals surface area contributed by atoms with E-state index in [0.717, 1.165) is 17.2 Å². The normalized spacial score (nSPS) is 15.1. The highest BCUT2D eigenvalue weighted by Crippen LogP contribution is 2.36. The molecular weight excluding hydrogens is 702 g/mol. The predicted octanol–water partition coefficient (Wildman–Crippen LogP) is 11.0. The van der Waals surface area contributed by atoms with Crippen LogP contribution >= 0.6 is 22.9 Å². The number of benzene rings is 8. The Balaban J connectivity index is 1.07. The average molecular weight is 732 g/mol. The molecule has 0 amide bonds. The number of nitrogens with zero attached hydrogens (tertiary/aromatic N) is 1. The van der Waals surface area contributed by atoms with Crippen LogP contribution in [0.25, 0.3) is 58.8 Å². The summed E-state index contributed by atoms with van der Waals surface area (Å²) >= 11 is 8.50. The lowest BCUT2D eigenvalue weighted by Gasteiger charge is -2.39. The van der Waals surface area contributed by atoms with Crippen LogP contribution in [0.5, 0.6) is 11.5 Å². The third-order valence-electron chi connectivity index (χ3n) is 11.0. The van der Waals surface area contributed by atoms with E-state index in [4.69, 9.17) is 16.3 Å². The van der Waals surface area contributed by atoms with Crippen LogP contribution in [-0.2, 0) is 0 Å². The van der Waals surface area contributed by atoms with Crippen molar-refractivity contribution in [1.29, 1.82) is 0 Å². The molecule has 1 atom stereocenters. The molecule has 11 rings (SSSR count). The maximum Gasteiger partial charge on any atom is 0.188 e. The first-order valence-corrected chi connectivity index (χ1v) is 21.0. The zero-order valence-electron chi connectivity index (χ0n) is 28.5. The molecule has 2 nitrogen and oxygen atoms in total. The minimum atomic E-state index is -2.87. The van der Waals surface area contributed by atoms with Gasteiger partial charge in [-0.1, -0.05) is 139 Å². The zero-order valence-corrected chi connectivity index (χ0v) is 31.0. The Morgan fingerprint density at radius 3 is 1.79 bits per heavy atom.